The van der Waals surface area contributed by atoms with Gasteiger partial charge in [0.1, 0.15) is 5.82 Å². The van der Waals surface area contributed by atoms with Crippen LogP contribution in [0.25, 0.3) is 0 Å². The SMILES string of the molecule is COCCNC(=O)CCNC(C)c1ccc(F)cn1. The van der Waals surface area contributed by atoms with Crippen molar-refractivity contribution < 1.29 is 13.9 Å². The Morgan fingerprint density at radius 3 is 2.89 bits per heavy atom. The van der Waals surface area contributed by atoms with Crippen molar-refractivity contribution in [3.8, 4) is 0 Å². The number of carbonyl (C=O) groups is 1. The maximum absolute atomic E-state index is 12.7. The van der Waals surface area contributed by atoms with Gasteiger partial charge >= 0.3 is 0 Å². The van der Waals surface area contributed by atoms with E-state index in [1.165, 1.54) is 12.3 Å². The zero-order valence-corrected chi connectivity index (χ0v) is 11.3. The molecule has 1 heterocycles. The Balaban J connectivity index is 2.21. The van der Waals surface area contributed by atoms with E-state index in [9.17, 15) is 9.18 Å². The van der Waals surface area contributed by atoms with Crippen LogP contribution in [0.3, 0.4) is 0 Å². The molecule has 1 unspecified atom stereocenters. The topological polar surface area (TPSA) is 63.2 Å². The van der Waals surface area contributed by atoms with Gasteiger partial charge in [-0.2, -0.15) is 0 Å². The summed E-state index contributed by atoms with van der Waals surface area (Å²) in [7, 11) is 1.59. The van der Waals surface area contributed by atoms with Crippen LogP contribution in [-0.4, -0.2) is 37.7 Å². The Hall–Kier alpha value is -1.53. The van der Waals surface area contributed by atoms with E-state index < -0.39 is 0 Å². The molecular formula is C13H20FN3O2. The van der Waals surface area contributed by atoms with E-state index in [0.717, 1.165) is 5.69 Å². The maximum atomic E-state index is 12.7. The van der Waals surface area contributed by atoms with E-state index in [0.29, 0.717) is 26.1 Å². The summed E-state index contributed by atoms with van der Waals surface area (Å²) < 4.78 is 17.5. The molecule has 0 radical (unpaired) electrons. The first-order chi connectivity index (χ1) is 9.13. The number of hydrogen-bond donors (Lipinski definition) is 2. The van der Waals surface area contributed by atoms with Crippen LogP contribution in [0.4, 0.5) is 4.39 Å². The van der Waals surface area contributed by atoms with Crippen molar-refractivity contribution in [1.82, 2.24) is 15.6 Å². The molecule has 0 fully saturated rings. The van der Waals surface area contributed by atoms with Crippen molar-refractivity contribution in [2.75, 3.05) is 26.8 Å². The van der Waals surface area contributed by atoms with Crippen LogP contribution in [0.5, 0.6) is 0 Å². The first-order valence-electron chi connectivity index (χ1n) is 6.24. The third kappa shape index (κ3) is 6.26. The molecule has 1 amide bonds. The maximum Gasteiger partial charge on any atom is 0.221 e. The second kappa shape index (κ2) is 8.55. The van der Waals surface area contributed by atoms with Crippen LogP contribution >= 0.6 is 0 Å². The van der Waals surface area contributed by atoms with Crippen LogP contribution in [0.1, 0.15) is 25.1 Å². The van der Waals surface area contributed by atoms with Crippen LogP contribution in [0, 0.1) is 5.82 Å². The number of amides is 1. The molecule has 0 aromatic carbocycles. The molecule has 0 saturated carbocycles. The number of aromatic nitrogens is 1. The summed E-state index contributed by atoms with van der Waals surface area (Å²) in [4.78, 5) is 15.4. The van der Waals surface area contributed by atoms with Gasteiger partial charge in [-0.3, -0.25) is 9.78 Å². The Morgan fingerprint density at radius 2 is 2.26 bits per heavy atom. The molecule has 0 saturated heterocycles. The summed E-state index contributed by atoms with van der Waals surface area (Å²) in [5.74, 6) is -0.378. The molecule has 0 bridgehead atoms. The minimum Gasteiger partial charge on any atom is -0.383 e. The summed E-state index contributed by atoms with van der Waals surface area (Å²) in [5, 5.41) is 5.90. The van der Waals surface area contributed by atoms with E-state index in [2.05, 4.69) is 15.6 Å². The fourth-order valence-electron chi connectivity index (χ4n) is 1.53. The first-order valence-corrected chi connectivity index (χ1v) is 6.24. The molecule has 106 valence electrons. The number of methoxy groups -OCH3 is 1. The number of carbonyl (C=O) groups excluding carboxylic acids is 1. The minimum atomic E-state index is -0.353. The quantitative estimate of drug-likeness (QED) is 0.692. The van der Waals surface area contributed by atoms with Gasteiger partial charge in [-0.25, -0.2) is 4.39 Å². The number of ether oxygens (including phenoxy) is 1. The predicted molar refractivity (Wildman–Crippen MR) is 70.1 cm³/mol. The monoisotopic (exact) mass is 269 g/mol. The number of hydrogen-bond acceptors (Lipinski definition) is 4. The lowest BCUT2D eigenvalue weighted by Crippen LogP contribution is -2.31. The Bertz CT molecular complexity index is 384. The Labute approximate surface area is 112 Å². The highest BCUT2D eigenvalue weighted by Crippen LogP contribution is 2.08. The van der Waals surface area contributed by atoms with Gasteiger partial charge in [-0.15, -0.1) is 0 Å². The van der Waals surface area contributed by atoms with Crippen molar-refractivity contribution in [3.63, 3.8) is 0 Å². The van der Waals surface area contributed by atoms with Gasteiger partial charge in [-0.05, 0) is 19.1 Å². The molecule has 5 nitrogen and oxygen atoms in total. The van der Waals surface area contributed by atoms with Crippen molar-refractivity contribution in [2.24, 2.45) is 0 Å². The molecule has 1 aromatic rings. The average Bonchev–Trinajstić information content (AvgIpc) is 2.39. The van der Waals surface area contributed by atoms with Crippen LogP contribution in [0.2, 0.25) is 0 Å². The normalized spacial score (nSPS) is 12.2. The van der Waals surface area contributed by atoms with Gasteiger partial charge in [0, 0.05) is 32.7 Å². The van der Waals surface area contributed by atoms with Gasteiger partial charge in [0.25, 0.3) is 0 Å². The van der Waals surface area contributed by atoms with E-state index >= 15 is 0 Å². The number of halogens is 1. The highest BCUT2D eigenvalue weighted by atomic mass is 19.1. The van der Waals surface area contributed by atoms with Crippen molar-refractivity contribution in [3.05, 3.63) is 29.8 Å². The molecule has 19 heavy (non-hydrogen) atoms. The second-order valence-corrected chi connectivity index (χ2v) is 4.17. The molecular weight excluding hydrogens is 249 g/mol. The molecule has 6 heteroatoms. The molecule has 0 aliphatic carbocycles. The lowest BCUT2D eigenvalue weighted by molar-refractivity contribution is -0.121. The summed E-state index contributed by atoms with van der Waals surface area (Å²) in [5.41, 5.74) is 0.751. The van der Waals surface area contributed by atoms with Gasteiger partial charge in [0.15, 0.2) is 0 Å². The third-order valence-electron chi connectivity index (χ3n) is 2.62. The lowest BCUT2D eigenvalue weighted by atomic mass is 10.2. The van der Waals surface area contributed by atoms with Gasteiger partial charge in [-0.1, -0.05) is 0 Å². The predicted octanol–water partition coefficient (Wildman–Crippen LogP) is 1.02. The zero-order valence-electron chi connectivity index (χ0n) is 11.3. The third-order valence-corrected chi connectivity index (χ3v) is 2.62. The van der Waals surface area contributed by atoms with E-state index in [4.69, 9.17) is 4.74 Å². The van der Waals surface area contributed by atoms with Gasteiger partial charge < -0.3 is 15.4 Å². The largest absolute Gasteiger partial charge is 0.383 e. The highest BCUT2D eigenvalue weighted by Gasteiger charge is 2.07. The Kier molecular flexibility index (Phi) is 6.99. The molecule has 0 spiro atoms. The fourth-order valence-corrected chi connectivity index (χ4v) is 1.53. The molecule has 1 rings (SSSR count). The average molecular weight is 269 g/mol. The molecule has 1 atom stereocenters. The molecule has 0 aliphatic heterocycles. The van der Waals surface area contributed by atoms with Crippen LogP contribution < -0.4 is 10.6 Å². The number of rotatable bonds is 8. The van der Waals surface area contributed by atoms with E-state index in [1.54, 1.807) is 13.2 Å². The van der Waals surface area contributed by atoms with Crippen molar-refractivity contribution in [2.45, 2.75) is 19.4 Å². The summed E-state index contributed by atoms with van der Waals surface area (Å²) in [6, 6.07) is 2.98. The van der Waals surface area contributed by atoms with E-state index in [-0.39, 0.29) is 17.8 Å². The molecule has 0 aliphatic rings. The summed E-state index contributed by atoms with van der Waals surface area (Å²) in [6.07, 6.45) is 1.57. The summed E-state index contributed by atoms with van der Waals surface area (Å²) >= 11 is 0. The van der Waals surface area contributed by atoms with Gasteiger partial charge in [0.05, 0.1) is 18.5 Å². The van der Waals surface area contributed by atoms with Crippen molar-refractivity contribution in [1.29, 1.82) is 0 Å². The lowest BCUT2D eigenvalue weighted by Gasteiger charge is -2.13. The zero-order chi connectivity index (χ0) is 14.1. The number of nitrogens with one attached hydrogen (secondary N) is 2. The second-order valence-electron chi connectivity index (χ2n) is 4.17. The first kappa shape index (κ1) is 15.5. The number of nitrogens with zero attached hydrogens (tertiary/aromatic N) is 1. The van der Waals surface area contributed by atoms with Crippen molar-refractivity contribution >= 4 is 5.91 Å². The molecule has 1 aromatic heterocycles. The smallest absolute Gasteiger partial charge is 0.221 e. The Morgan fingerprint density at radius 1 is 1.47 bits per heavy atom. The molecule has 2 N–H and O–H groups in total. The van der Waals surface area contributed by atoms with Gasteiger partial charge in [0.2, 0.25) is 5.91 Å². The van der Waals surface area contributed by atoms with Crippen LogP contribution in [-0.2, 0) is 9.53 Å². The minimum absolute atomic E-state index is 0.0209. The summed E-state index contributed by atoms with van der Waals surface area (Å²) in [6.45, 7) is 3.49. The highest BCUT2D eigenvalue weighted by molar-refractivity contribution is 5.76. The standard InChI is InChI=1S/C13H20FN3O2/c1-10(12-4-3-11(14)9-17-12)15-6-5-13(18)16-7-8-19-2/h3-4,9-10,15H,5-8H2,1-2H3,(H,16,18). The fraction of sp³-hybridized carbons (Fsp3) is 0.538. The van der Waals surface area contributed by atoms with Crippen LogP contribution in [0.15, 0.2) is 18.3 Å². The number of pyridine rings is 1. The van der Waals surface area contributed by atoms with E-state index in [1.807, 2.05) is 6.92 Å².